The van der Waals surface area contributed by atoms with Crippen LogP contribution in [0.3, 0.4) is 0 Å². The number of thiocarbonyl (C=S) groups is 1. The second-order valence-corrected chi connectivity index (χ2v) is 10.2. The summed E-state index contributed by atoms with van der Waals surface area (Å²) in [6, 6.07) is 8.50. The summed E-state index contributed by atoms with van der Waals surface area (Å²) in [7, 11) is 0. The van der Waals surface area contributed by atoms with Gasteiger partial charge in [-0.1, -0.05) is 25.1 Å². The van der Waals surface area contributed by atoms with E-state index in [0.717, 1.165) is 54.1 Å². The number of unbranched alkanes of at least 4 members (excludes halogenated alkanes) is 2. The summed E-state index contributed by atoms with van der Waals surface area (Å²) < 4.78 is 19.6. The fraction of sp³-hybridized carbons (Fsp3) is 0.481. The Bertz CT molecular complexity index is 1070. The zero-order valence-corrected chi connectivity index (χ0v) is 19.6. The third-order valence-corrected chi connectivity index (χ3v) is 7.86. The molecule has 5 rings (SSSR count). The van der Waals surface area contributed by atoms with Gasteiger partial charge >= 0.3 is 0 Å². The summed E-state index contributed by atoms with van der Waals surface area (Å²) in [5, 5.41) is 9.08. The van der Waals surface area contributed by atoms with Crippen LogP contribution in [0.4, 0.5) is 4.39 Å². The van der Waals surface area contributed by atoms with E-state index in [1.807, 2.05) is 17.0 Å². The number of fused-ring (bicyclic) bond motifs is 2. The van der Waals surface area contributed by atoms with Crippen molar-refractivity contribution in [3.05, 3.63) is 53.0 Å². The first kappa shape index (κ1) is 22.5. The van der Waals surface area contributed by atoms with Gasteiger partial charge in [-0.05, 0) is 92.3 Å². The van der Waals surface area contributed by atoms with E-state index in [-0.39, 0.29) is 24.4 Å². The van der Waals surface area contributed by atoms with Gasteiger partial charge in [0.2, 0.25) is 0 Å². The number of amides is 1. The highest BCUT2D eigenvalue weighted by Gasteiger charge is 2.47. The molecule has 2 bridgehead atoms. The highest BCUT2D eigenvalue weighted by atomic mass is 32.1. The fourth-order valence-corrected chi connectivity index (χ4v) is 6.22. The van der Waals surface area contributed by atoms with Gasteiger partial charge in [0.25, 0.3) is 5.91 Å². The smallest absolute Gasteiger partial charge is 0.255 e. The Kier molecular flexibility index (Phi) is 6.48. The number of carbonyl (C=O) groups excluding carboxylic acids is 1. The van der Waals surface area contributed by atoms with E-state index in [2.05, 4.69) is 0 Å². The van der Waals surface area contributed by atoms with Crippen molar-refractivity contribution in [2.75, 3.05) is 6.61 Å². The standard InChI is InChI=1S/C27H30FNO3S/c28-22-9-7-18(8-10-22)24-14-20(4-2-1-3-11-30)25(32-24)15-21-16-26(33)29(27(21)31)23-13-17-5-6-19(23)12-17/h7-10,14-15,17,19,23,30H,1-6,11-13,16H2/b21-15+. The van der Waals surface area contributed by atoms with Crippen LogP contribution >= 0.6 is 12.2 Å². The Balaban J connectivity index is 1.41. The lowest BCUT2D eigenvalue weighted by Gasteiger charge is -2.30. The monoisotopic (exact) mass is 467 g/mol. The summed E-state index contributed by atoms with van der Waals surface area (Å²) in [4.78, 5) is 16.0. The second-order valence-electron chi connectivity index (χ2n) is 9.70. The average Bonchev–Trinajstić information content (AvgIpc) is 3.57. The molecule has 1 aromatic carbocycles. The maximum atomic E-state index is 13.4. The number of carbonyl (C=O) groups is 1. The van der Waals surface area contributed by atoms with Crippen LogP contribution in [-0.2, 0) is 11.2 Å². The van der Waals surface area contributed by atoms with Crippen molar-refractivity contribution in [3.8, 4) is 11.3 Å². The van der Waals surface area contributed by atoms with Crippen LogP contribution in [0.25, 0.3) is 17.4 Å². The first-order valence-corrected chi connectivity index (χ1v) is 12.5. The highest BCUT2D eigenvalue weighted by molar-refractivity contribution is 7.80. The third-order valence-electron chi connectivity index (χ3n) is 7.52. The van der Waals surface area contributed by atoms with Crippen molar-refractivity contribution in [2.45, 2.75) is 63.8 Å². The van der Waals surface area contributed by atoms with Gasteiger partial charge < -0.3 is 9.52 Å². The molecule has 1 aromatic heterocycles. The van der Waals surface area contributed by atoms with E-state index in [1.165, 1.54) is 31.4 Å². The number of hydrogen-bond acceptors (Lipinski definition) is 4. The van der Waals surface area contributed by atoms with Crippen molar-refractivity contribution >= 4 is 29.2 Å². The third kappa shape index (κ3) is 4.56. The quantitative estimate of drug-likeness (QED) is 0.297. The second kappa shape index (κ2) is 9.51. The van der Waals surface area contributed by atoms with E-state index in [0.29, 0.717) is 29.4 Å². The predicted molar refractivity (Wildman–Crippen MR) is 130 cm³/mol. The van der Waals surface area contributed by atoms with Crippen LogP contribution in [0.1, 0.15) is 62.7 Å². The summed E-state index contributed by atoms with van der Waals surface area (Å²) in [6.07, 6.45) is 10.6. The highest BCUT2D eigenvalue weighted by Crippen LogP contribution is 2.48. The Morgan fingerprint density at radius 2 is 1.97 bits per heavy atom. The van der Waals surface area contributed by atoms with Crippen molar-refractivity contribution in [1.29, 1.82) is 0 Å². The van der Waals surface area contributed by atoms with Gasteiger partial charge in [-0.15, -0.1) is 0 Å². The minimum Gasteiger partial charge on any atom is -0.456 e. The lowest BCUT2D eigenvalue weighted by atomic mass is 9.94. The van der Waals surface area contributed by atoms with Crippen molar-refractivity contribution < 1.29 is 18.7 Å². The zero-order valence-electron chi connectivity index (χ0n) is 18.8. The number of furan rings is 1. The average molecular weight is 468 g/mol. The molecule has 1 aliphatic heterocycles. The number of benzene rings is 1. The Labute approximate surface area is 199 Å². The van der Waals surface area contributed by atoms with Crippen LogP contribution < -0.4 is 0 Å². The summed E-state index contributed by atoms with van der Waals surface area (Å²) in [5.41, 5.74) is 2.52. The zero-order chi connectivity index (χ0) is 22.9. The van der Waals surface area contributed by atoms with Crippen molar-refractivity contribution in [2.24, 2.45) is 11.8 Å². The molecule has 2 aromatic rings. The lowest BCUT2D eigenvalue weighted by Crippen LogP contribution is -2.42. The number of likely N-dealkylation sites (tertiary alicyclic amines) is 1. The lowest BCUT2D eigenvalue weighted by molar-refractivity contribution is -0.124. The van der Waals surface area contributed by atoms with Crippen molar-refractivity contribution in [1.82, 2.24) is 4.90 Å². The fourth-order valence-electron chi connectivity index (χ4n) is 5.85. The SMILES string of the molecule is O=C1/C(=C/c2oc(-c3ccc(F)cc3)cc2CCCCCO)CC(=S)N1C1CC2CCC1C2. The molecule has 0 radical (unpaired) electrons. The molecule has 3 fully saturated rings. The predicted octanol–water partition coefficient (Wildman–Crippen LogP) is 5.92. The topological polar surface area (TPSA) is 53.7 Å². The minimum absolute atomic E-state index is 0.0310. The van der Waals surface area contributed by atoms with E-state index in [4.69, 9.17) is 21.7 Å². The van der Waals surface area contributed by atoms with Gasteiger partial charge in [-0.3, -0.25) is 9.69 Å². The molecular weight excluding hydrogens is 437 g/mol. The van der Waals surface area contributed by atoms with Gasteiger partial charge in [-0.25, -0.2) is 4.39 Å². The first-order chi connectivity index (χ1) is 16.0. The molecule has 6 heteroatoms. The number of nitrogens with zero attached hydrogens (tertiary/aromatic N) is 1. The van der Waals surface area contributed by atoms with Crippen LogP contribution in [0.15, 0.2) is 40.3 Å². The van der Waals surface area contributed by atoms with E-state index in [1.54, 1.807) is 12.1 Å². The van der Waals surface area contributed by atoms with Gasteiger partial charge in [0.15, 0.2) is 0 Å². The van der Waals surface area contributed by atoms with Crippen LogP contribution in [0, 0.1) is 17.7 Å². The number of rotatable bonds is 8. The number of aryl methyl sites for hydroxylation is 1. The normalized spacial score (nSPS) is 25.7. The van der Waals surface area contributed by atoms with E-state index < -0.39 is 0 Å². The molecule has 1 N–H and O–H groups in total. The first-order valence-electron chi connectivity index (χ1n) is 12.1. The maximum absolute atomic E-state index is 13.4. The van der Waals surface area contributed by atoms with Gasteiger partial charge in [-0.2, -0.15) is 0 Å². The molecule has 3 unspecified atom stereocenters. The molecule has 0 spiro atoms. The van der Waals surface area contributed by atoms with E-state index in [9.17, 15) is 9.18 Å². The summed E-state index contributed by atoms with van der Waals surface area (Å²) >= 11 is 5.66. The molecule has 2 heterocycles. The van der Waals surface area contributed by atoms with Crippen LogP contribution in [-0.4, -0.2) is 33.6 Å². The van der Waals surface area contributed by atoms with Gasteiger partial charge in [0, 0.05) is 30.2 Å². The Morgan fingerprint density at radius 3 is 2.67 bits per heavy atom. The molecule has 4 nitrogen and oxygen atoms in total. The molecule has 33 heavy (non-hydrogen) atoms. The number of halogens is 1. The molecule has 1 saturated heterocycles. The molecular formula is C27H30FNO3S. The molecule has 174 valence electrons. The number of aliphatic hydroxyl groups is 1. The summed E-state index contributed by atoms with van der Waals surface area (Å²) in [5.74, 6) is 2.42. The van der Waals surface area contributed by atoms with Gasteiger partial charge in [0.1, 0.15) is 17.3 Å². The van der Waals surface area contributed by atoms with Crippen LogP contribution in [0.5, 0.6) is 0 Å². The summed E-state index contributed by atoms with van der Waals surface area (Å²) in [6.45, 7) is 0.188. The molecule has 2 aliphatic carbocycles. The molecule has 3 aliphatic rings. The Morgan fingerprint density at radius 1 is 1.15 bits per heavy atom. The van der Waals surface area contributed by atoms with Crippen molar-refractivity contribution in [3.63, 3.8) is 0 Å². The minimum atomic E-state index is -0.289. The maximum Gasteiger partial charge on any atom is 0.255 e. The van der Waals surface area contributed by atoms with Crippen LogP contribution in [0.2, 0.25) is 0 Å². The number of hydrogen-bond donors (Lipinski definition) is 1. The molecule has 3 atom stereocenters. The molecule has 2 saturated carbocycles. The van der Waals surface area contributed by atoms with Gasteiger partial charge in [0.05, 0.1) is 4.99 Å². The number of aliphatic hydroxyl groups excluding tert-OH is 1. The largest absolute Gasteiger partial charge is 0.456 e. The Hall–Kier alpha value is -2.31. The van der Waals surface area contributed by atoms with E-state index >= 15 is 0 Å². The molecule has 1 amide bonds.